The van der Waals surface area contributed by atoms with E-state index in [1.165, 1.54) is 0 Å². The van der Waals surface area contributed by atoms with Gasteiger partial charge in [0.2, 0.25) is 0 Å². The van der Waals surface area contributed by atoms with Gasteiger partial charge < -0.3 is 20.5 Å². The molecular formula is C17H20ClN3O3. The molecule has 2 unspecified atom stereocenters. The van der Waals surface area contributed by atoms with Crippen molar-refractivity contribution in [2.45, 2.75) is 31.9 Å². The molecule has 3 N–H and O–H groups in total. The van der Waals surface area contributed by atoms with E-state index in [1.807, 2.05) is 18.2 Å². The maximum Gasteiger partial charge on any atom is 0.405 e. The molecule has 2 atom stereocenters. The molecule has 0 bridgehead atoms. The second kappa shape index (κ2) is 7.23. The average Bonchev–Trinajstić information content (AvgIpc) is 3.05. The molecule has 1 aliphatic rings. The van der Waals surface area contributed by atoms with E-state index in [-0.39, 0.29) is 6.10 Å². The number of ether oxygens (including phenoxy) is 1. The van der Waals surface area contributed by atoms with Gasteiger partial charge in [-0.15, -0.1) is 0 Å². The zero-order valence-electron chi connectivity index (χ0n) is 13.4. The Labute approximate surface area is 145 Å². The fraction of sp³-hybridized carbons (Fsp3) is 0.412. The van der Waals surface area contributed by atoms with E-state index in [1.54, 1.807) is 13.0 Å². The number of hydrogen-bond acceptors (Lipinski definition) is 4. The molecule has 1 aliphatic heterocycles. The first-order valence-electron chi connectivity index (χ1n) is 7.98. The molecule has 6 nitrogen and oxygen atoms in total. The van der Waals surface area contributed by atoms with E-state index in [0.717, 1.165) is 30.4 Å². The molecule has 3 rings (SSSR count). The second-order valence-electron chi connectivity index (χ2n) is 5.92. The lowest BCUT2D eigenvalue weighted by atomic mass is 10.1. The predicted molar refractivity (Wildman–Crippen MR) is 93.8 cm³/mol. The van der Waals surface area contributed by atoms with Crippen molar-refractivity contribution in [3.63, 3.8) is 0 Å². The minimum atomic E-state index is -1.07. The van der Waals surface area contributed by atoms with Crippen LogP contribution in [0.4, 0.5) is 10.6 Å². The highest BCUT2D eigenvalue weighted by Crippen LogP contribution is 2.29. The number of para-hydroxylation sites is 1. The molecule has 0 spiro atoms. The Morgan fingerprint density at radius 3 is 3.08 bits per heavy atom. The normalized spacial score (nSPS) is 18.5. The molecule has 1 fully saturated rings. The summed E-state index contributed by atoms with van der Waals surface area (Å²) in [6.45, 7) is 3.21. The largest absolute Gasteiger partial charge is 0.465 e. The number of benzene rings is 1. The van der Waals surface area contributed by atoms with E-state index < -0.39 is 12.1 Å². The van der Waals surface area contributed by atoms with Gasteiger partial charge in [0.1, 0.15) is 5.82 Å². The van der Waals surface area contributed by atoms with Gasteiger partial charge in [0.15, 0.2) is 0 Å². The first-order valence-corrected chi connectivity index (χ1v) is 8.36. The smallest absolute Gasteiger partial charge is 0.405 e. The molecular weight excluding hydrogens is 330 g/mol. The van der Waals surface area contributed by atoms with Gasteiger partial charge >= 0.3 is 6.09 Å². The topological polar surface area (TPSA) is 83.5 Å². The van der Waals surface area contributed by atoms with Crippen LogP contribution in [0.25, 0.3) is 10.9 Å². The van der Waals surface area contributed by atoms with Crippen molar-refractivity contribution in [1.29, 1.82) is 0 Å². The number of anilines is 1. The molecule has 2 heterocycles. The van der Waals surface area contributed by atoms with E-state index in [9.17, 15) is 4.79 Å². The van der Waals surface area contributed by atoms with Gasteiger partial charge in [0, 0.05) is 24.1 Å². The lowest BCUT2D eigenvalue weighted by molar-refractivity contribution is 0.120. The number of halogens is 1. The lowest BCUT2D eigenvalue weighted by Gasteiger charge is -2.19. The Morgan fingerprint density at radius 1 is 1.54 bits per heavy atom. The summed E-state index contributed by atoms with van der Waals surface area (Å²) in [5, 5.41) is 16.2. The number of aromatic nitrogens is 1. The Balaban J connectivity index is 1.94. The van der Waals surface area contributed by atoms with Crippen LogP contribution in [0.1, 0.15) is 31.4 Å². The van der Waals surface area contributed by atoms with Crippen molar-refractivity contribution in [2.75, 3.05) is 18.5 Å². The summed E-state index contributed by atoms with van der Waals surface area (Å²) in [6, 6.07) is 7.08. The highest BCUT2D eigenvalue weighted by molar-refractivity contribution is 6.35. The summed E-state index contributed by atoms with van der Waals surface area (Å²) >= 11 is 6.25. The van der Waals surface area contributed by atoms with Crippen molar-refractivity contribution in [1.82, 2.24) is 10.3 Å². The van der Waals surface area contributed by atoms with Crippen LogP contribution in [0, 0.1) is 0 Å². The van der Waals surface area contributed by atoms with Crippen LogP contribution in [0.15, 0.2) is 24.3 Å². The molecule has 128 valence electrons. The first-order chi connectivity index (χ1) is 11.5. The summed E-state index contributed by atoms with van der Waals surface area (Å²) in [7, 11) is 0. The third-order valence-corrected chi connectivity index (χ3v) is 4.46. The molecule has 0 radical (unpaired) electrons. The fourth-order valence-corrected chi connectivity index (χ4v) is 3.15. The molecule has 1 aromatic carbocycles. The number of carbonyl (C=O) groups is 1. The Hall–Kier alpha value is -2.05. The highest BCUT2D eigenvalue weighted by Gasteiger charge is 2.19. The maximum atomic E-state index is 11.0. The number of amides is 1. The van der Waals surface area contributed by atoms with Crippen molar-refractivity contribution >= 4 is 34.4 Å². The zero-order valence-corrected chi connectivity index (χ0v) is 14.1. The Kier molecular flexibility index (Phi) is 5.06. The fourth-order valence-electron chi connectivity index (χ4n) is 2.93. The number of fused-ring (bicyclic) bond motifs is 1. The molecule has 1 amide bonds. The van der Waals surface area contributed by atoms with E-state index >= 15 is 0 Å². The van der Waals surface area contributed by atoms with Crippen molar-refractivity contribution < 1.29 is 14.6 Å². The van der Waals surface area contributed by atoms with Gasteiger partial charge in [-0.1, -0.05) is 23.7 Å². The van der Waals surface area contributed by atoms with Crippen LogP contribution in [-0.4, -0.2) is 35.4 Å². The van der Waals surface area contributed by atoms with Crippen LogP contribution >= 0.6 is 11.6 Å². The Bertz CT molecular complexity index is 747. The van der Waals surface area contributed by atoms with Gasteiger partial charge in [-0.2, -0.15) is 0 Å². The third kappa shape index (κ3) is 3.71. The number of hydrogen-bond donors (Lipinski definition) is 3. The van der Waals surface area contributed by atoms with Gasteiger partial charge in [0.05, 0.1) is 22.7 Å². The van der Waals surface area contributed by atoms with E-state index in [0.29, 0.717) is 22.9 Å². The highest BCUT2D eigenvalue weighted by atomic mass is 35.5. The molecule has 1 aromatic heterocycles. The summed E-state index contributed by atoms with van der Waals surface area (Å²) in [4.78, 5) is 15.6. The number of carboxylic acid groups (broad SMARTS) is 1. The molecule has 24 heavy (non-hydrogen) atoms. The van der Waals surface area contributed by atoms with Crippen molar-refractivity contribution in [2.24, 2.45) is 0 Å². The first kappa shape index (κ1) is 16.8. The predicted octanol–water partition coefficient (Wildman–Crippen LogP) is 3.81. The van der Waals surface area contributed by atoms with Crippen LogP contribution in [-0.2, 0) is 4.74 Å². The summed E-state index contributed by atoms with van der Waals surface area (Å²) < 4.78 is 5.62. The van der Waals surface area contributed by atoms with E-state index in [4.69, 9.17) is 21.4 Å². The second-order valence-corrected chi connectivity index (χ2v) is 6.33. The molecule has 0 aliphatic carbocycles. The zero-order chi connectivity index (χ0) is 17.1. The van der Waals surface area contributed by atoms with E-state index in [2.05, 4.69) is 15.6 Å². The monoisotopic (exact) mass is 349 g/mol. The van der Waals surface area contributed by atoms with Gasteiger partial charge in [0.25, 0.3) is 0 Å². The van der Waals surface area contributed by atoms with Crippen LogP contribution < -0.4 is 10.6 Å². The molecule has 7 heteroatoms. The maximum absolute atomic E-state index is 11.0. The van der Waals surface area contributed by atoms with Gasteiger partial charge in [-0.05, 0) is 31.9 Å². The number of nitrogens with one attached hydrogen (secondary N) is 2. The number of rotatable bonds is 5. The quantitative estimate of drug-likeness (QED) is 0.764. The van der Waals surface area contributed by atoms with Crippen LogP contribution in [0.2, 0.25) is 5.02 Å². The summed E-state index contributed by atoms with van der Waals surface area (Å²) in [6.07, 6.45) is 1.16. The average molecular weight is 350 g/mol. The third-order valence-electron chi connectivity index (χ3n) is 4.15. The number of nitrogens with zero attached hydrogens (tertiary/aromatic N) is 1. The van der Waals surface area contributed by atoms with Crippen molar-refractivity contribution in [3.8, 4) is 0 Å². The van der Waals surface area contributed by atoms with Gasteiger partial charge in [-0.3, -0.25) is 0 Å². The lowest BCUT2D eigenvalue weighted by Crippen LogP contribution is -2.26. The minimum absolute atomic E-state index is 0.157. The van der Waals surface area contributed by atoms with Crippen LogP contribution in [0.3, 0.4) is 0 Å². The number of pyridine rings is 1. The van der Waals surface area contributed by atoms with Gasteiger partial charge in [-0.25, -0.2) is 9.78 Å². The summed E-state index contributed by atoms with van der Waals surface area (Å²) in [5.74, 6) is 0.632. The van der Waals surface area contributed by atoms with Crippen LogP contribution in [0.5, 0.6) is 0 Å². The minimum Gasteiger partial charge on any atom is -0.465 e. The standard InChI is InChI=1S/C17H20ClN3O3/c1-10(20-17(22)23)13-8-11-4-2-6-14(18)15(11)21-16(13)19-9-12-5-3-7-24-12/h2,4,6,8,10,12,20H,3,5,7,9H2,1H3,(H,19,21)(H,22,23). The Morgan fingerprint density at radius 2 is 2.38 bits per heavy atom. The van der Waals surface area contributed by atoms with Crippen molar-refractivity contribution in [3.05, 3.63) is 34.9 Å². The molecule has 2 aromatic rings. The SMILES string of the molecule is CC(NC(=O)O)c1cc2cccc(Cl)c2nc1NCC1CCCO1. The molecule has 0 saturated carbocycles. The molecule has 1 saturated heterocycles. The summed E-state index contributed by atoms with van der Waals surface area (Å²) in [5.41, 5.74) is 1.48.